The number of nitrogens with one attached hydrogen (secondary N) is 1. The van der Waals surface area contributed by atoms with E-state index in [0.29, 0.717) is 19.8 Å². The van der Waals surface area contributed by atoms with Crippen molar-refractivity contribution in [2.45, 2.75) is 39.3 Å². The molecule has 0 aromatic heterocycles. The van der Waals surface area contributed by atoms with Crippen molar-refractivity contribution in [3.8, 4) is 0 Å². The van der Waals surface area contributed by atoms with Crippen molar-refractivity contribution in [3.05, 3.63) is 0 Å². The number of urea groups is 1. The van der Waals surface area contributed by atoms with E-state index in [4.69, 9.17) is 9.47 Å². The van der Waals surface area contributed by atoms with Crippen molar-refractivity contribution in [1.82, 2.24) is 10.2 Å². The summed E-state index contributed by atoms with van der Waals surface area (Å²) in [4.78, 5) is 13.8. The zero-order chi connectivity index (χ0) is 13.5. The molecule has 1 unspecified atom stereocenters. The third-order valence-electron chi connectivity index (χ3n) is 2.22. The Balaban J connectivity index is 4.49. The van der Waals surface area contributed by atoms with Crippen LogP contribution in [0.15, 0.2) is 0 Å². The first-order valence-electron chi connectivity index (χ1n) is 5.88. The first kappa shape index (κ1) is 16.2. The van der Waals surface area contributed by atoms with Crippen molar-refractivity contribution in [2.75, 3.05) is 34.0 Å². The fourth-order valence-electron chi connectivity index (χ4n) is 1.44. The van der Waals surface area contributed by atoms with Crippen molar-refractivity contribution in [3.63, 3.8) is 0 Å². The zero-order valence-corrected chi connectivity index (χ0v) is 11.9. The molecule has 1 atom stereocenters. The van der Waals surface area contributed by atoms with Crippen molar-refractivity contribution in [2.24, 2.45) is 0 Å². The van der Waals surface area contributed by atoms with Gasteiger partial charge in [0.25, 0.3) is 0 Å². The first-order chi connectivity index (χ1) is 7.81. The number of rotatable bonds is 6. The van der Waals surface area contributed by atoms with Gasteiger partial charge in [-0.05, 0) is 27.7 Å². The van der Waals surface area contributed by atoms with E-state index >= 15 is 0 Å². The molecule has 0 rings (SSSR count). The highest BCUT2D eigenvalue weighted by atomic mass is 16.5. The zero-order valence-electron chi connectivity index (χ0n) is 11.9. The second-order valence-electron chi connectivity index (χ2n) is 5.17. The maximum atomic E-state index is 12.1. The number of amides is 2. The highest BCUT2D eigenvalue weighted by Crippen LogP contribution is 2.05. The minimum Gasteiger partial charge on any atom is -0.383 e. The van der Waals surface area contributed by atoms with Crippen LogP contribution in [0.1, 0.15) is 27.7 Å². The Hall–Kier alpha value is -0.810. The Kier molecular flexibility index (Phi) is 7.15. The van der Waals surface area contributed by atoms with Crippen LogP contribution in [0.2, 0.25) is 0 Å². The summed E-state index contributed by atoms with van der Waals surface area (Å²) in [6.45, 7) is 9.43. The lowest BCUT2D eigenvalue weighted by Crippen LogP contribution is -2.53. The summed E-state index contributed by atoms with van der Waals surface area (Å²) in [5.74, 6) is 0. The third kappa shape index (κ3) is 7.18. The van der Waals surface area contributed by atoms with Crippen LogP contribution in [0, 0.1) is 0 Å². The molecular formula is C12H26N2O3. The predicted octanol–water partition coefficient (Wildman–Crippen LogP) is 1.48. The van der Waals surface area contributed by atoms with E-state index in [0.717, 1.165) is 0 Å². The molecule has 0 saturated heterocycles. The molecule has 0 heterocycles. The summed E-state index contributed by atoms with van der Waals surface area (Å²) in [5, 5.41) is 2.94. The lowest BCUT2D eigenvalue weighted by molar-refractivity contribution is 0.0879. The molecule has 2 amide bonds. The first-order valence-corrected chi connectivity index (χ1v) is 5.88. The number of ether oxygens (including phenoxy) is 2. The fraction of sp³-hybridized carbons (Fsp3) is 0.917. The van der Waals surface area contributed by atoms with Gasteiger partial charge in [0.15, 0.2) is 0 Å². The van der Waals surface area contributed by atoms with Crippen LogP contribution in [0.5, 0.6) is 0 Å². The standard InChI is InChI=1S/C12H26N2O3/c1-10(9-17-6)14(7-8-16-5)11(15)13-12(2,3)4/h10H,7-9H2,1-6H3,(H,13,15). The molecule has 0 bridgehead atoms. The lowest BCUT2D eigenvalue weighted by atomic mass is 10.1. The molecule has 0 aliphatic carbocycles. The molecule has 0 fully saturated rings. The maximum absolute atomic E-state index is 12.1. The second-order valence-corrected chi connectivity index (χ2v) is 5.17. The molecule has 0 aliphatic heterocycles. The van der Waals surface area contributed by atoms with Crippen LogP contribution < -0.4 is 5.32 Å². The van der Waals surface area contributed by atoms with Gasteiger partial charge in [-0.25, -0.2) is 4.79 Å². The van der Waals surface area contributed by atoms with Crippen molar-refractivity contribution in [1.29, 1.82) is 0 Å². The Morgan fingerprint density at radius 2 is 1.88 bits per heavy atom. The highest BCUT2D eigenvalue weighted by molar-refractivity contribution is 5.75. The average molecular weight is 246 g/mol. The SMILES string of the molecule is COCCN(C(=O)NC(C)(C)C)C(C)COC. The molecule has 0 spiro atoms. The topological polar surface area (TPSA) is 50.8 Å². The summed E-state index contributed by atoms with van der Waals surface area (Å²) >= 11 is 0. The van der Waals surface area contributed by atoms with E-state index in [1.54, 1.807) is 19.1 Å². The number of methoxy groups -OCH3 is 2. The van der Waals surface area contributed by atoms with Gasteiger partial charge in [0.1, 0.15) is 0 Å². The average Bonchev–Trinajstić information content (AvgIpc) is 2.15. The number of hydrogen-bond donors (Lipinski definition) is 1. The van der Waals surface area contributed by atoms with E-state index < -0.39 is 0 Å². The minimum absolute atomic E-state index is 0.0255. The monoisotopic (exact) mass is 246 g/mol. The van der Waals surface area contributed by atoms with Crippen LogP contribution in [-0.2, 0) is 9.47 Å². The van der Waals surface area contributed by atoms with E-state index in [2.05, 4.69) is 5.32 Å². The maximum Gasteiger partial charge on any atom is 0.318 e. The summed E-state index contributed by atoms with van der Waals surface area (Å²) in [5.41, 5.74) is -0.241. The molecule has 1 N–H and O–H groups in total. The van der Waals surface area contributed by atoms with Crippen LogP contribution >= 0.6 is 0 Å². The van der Waals surface area contributed by atoms with Gasteiger partial charge < -0.3 is 19.7 Å². The molecule has 102 valence electrons. The molecule has 17 heavy (non-hydrogen) atoms. The molecule has 5 nitrogen and oxygen atoms in total. The Bertz CT molecular complexity index is 226. The lowest BCUT2D eigenvalue weighted by Gasteiger charge is -2.32. The Labute approximate surface area is 104 Å². The molecule has 0 aromatic rings. The van der Waals surface area contributed by atoms with Gasteiger partial charge in [-0.3, -0.25) is 0 Å². The summed E-state index contributed by atoms with van der Waals surface area (Å²) in [6.07, 6.45) is 0. The summed E-state index contributed by atoms with van der Waals surface area (Å²) < 4.78 is 10.1. The van der Waals surface area contributed by atoms with Crippen LogP contribution in [0.25, 0.3) is 0 Å². The van der Waals surface area contributed by atoms with Crippen LogP contribution in [0.3, 0.4) is 0 Å². The second kappa shape index (κ2) is 7.50. The molecular weight excluding hydrogens is 220 g/mol. The van der Waals surface area contributed by atoms with Gasteiger partial charge in [0.2, 0.25) is 0 Å². The summed E-state index contributed by atoms with van der Waals surface area (Å²) in [6, 6.07) is -0.0587. The summed E-state index contributed by atoms with van der Waals surface area (Å²) in [7, 11) is 3.26. The van der Waals surface area contributed by atoms with Gasteiger partial charge in [-0.2, -0.15) is 0 Å². The van der Waals surface area contributed by atoms with Gasteiger partial charge in [0.05, 0.1) is 19.3 Å². The van der Waals surface area contributed by atoms with Crippen molar-refractivity contribution >= 4 is 6.03 Å². The fourth-order valence-corrected chi connectivity index (χ4v) is 1.44. The molecule has 0 aliphatic rings. The van der Waals surface area contributed by atoms with Gasteiger partial charge >= 0.3 is 6.03 Å². The number of carbonyl (C=O) groups is 1. The van der Waals surface area contributed by atoms with Gasteiger partial charge in [-0.1, -0.05) is 0 Å². The van der Waals surface area contributed by atoms with Crippen molar-refractivity contribution < 1.29 is 14.3 Å². The minimum atomic E-state index is -0.241. The third-order valence-corrected chi connectivity index (χ3v) is 2.22. The normalized spacial score (nSPS) is 13.3. The van der Waals surface area contributed by atoms with Crippen LogP contribution in [0.4, 0.5) is 4.79 Å². The molecule has 0 aromatic carbocycles. The number of hydrogen-bond acceptors (Lipinski definition) is 3. The van der Waals surface area contributed by atoms with E-state index in [9.17, 15) is 4.79 Å². The van der Waals surface area contributed by atoms with Crippen LogP contribution in [-0.4, -0.2) is 56.5 Å². The van der Waals surface area contributed by atoms with E-state index in [1.807, 2.05) is 27.7 Å². The van der Waals surface area contributed by atoms with Gasteiger partial charge in [0, 0.05) is 26.3 Å². The Morgan fingerprint density at radius 3 is 2.29 bits per heavy atom. The Morgan fingerprint density at radius 1 is 1.29 bits per heavy atom. The molecule has 0 saturated carbocycles. The van der Waals surface area contributed by atoms with Gasteiger partial charge in [-0.15, -0.1) is 0 Å². The predicted molar refractivity (Wildman–Crippen MR) is 68.2 cm³/mol. The molecule has 0 radical (unpaired) electrons. The number of carbonyl (C=O) groups excluding carboxylic acids is 1. The smallest absolute Gasteiger partial charge is 0.318 e. The van der Waals surface area contributed by atoms with E-state index in [-0.39, 0.29) is 17.6 Å². The molecule has 5 heteroatoms. The number of nitrogens with zero attached hydrogens (tertiary/aromatic N) is 1. The quantitative estimate of drug-likeness (QED) is 0.772. The van der Waals surface area contributed by atoms with E-state index in [1.165, 1.54) is 0 Å². The largest absolute Gasteiger partial charge is 0.383 e. The highest BCUT2D eigenvalue weighted by Gasteiger charge is 2.23.